The number of fused-ring (bicyclic) bond motifs is 1. The van der Waals surface area contributed by atoms with Crippen LogP contribution in [0.2, 0.25) is 0 Å². The number of hydrogen-bond acceptors (Lipinski definition) is 4. The standard InChI is InChI=1S/C12H15NO3/c1-2-13-9-5-3-8-7(11(9)15)4-6-10(14)12(8)16/h4,6,9,13-14,16H,2-3,5H2,1H3. The van der Waals surface area contributed by atoms with Gasteiger partial charge in [-0.15, -0.1) is 0 Å². The molecule has 4 heteroatoms. The summed E-state index contributed by atoms with van der Waals surface area (Å²) in [4.78, 5) is 12.0. The van der Waals surface area contributed by atoms with Crippen LogP contribution in [0.15, 0.2) is 12.1 Å². The van der Waals surface area contributed by atoms with Crippen molar-refractivity contribution in [2.75, 3.05) is 6.54 Å². The molecule has 0 aliphatic heterocycles. The van der Waals surface area contributed by atoms with Gasteiger partial charge in [0.1, 0.15) is 0 Å². The summed E-state index contributed by atoms with van der Waals surface area (Å²) in [5.41, 5.74) is 1.09. The van der Waals surface area contributed by atoms with Gasteiger partial charge in [-0.1, -0.05) is 6.92 Å². The fourth-order valence-corrected chi connectivity index (χ4v) is 2.16. The summed E-state index contributed by atoms with van der Waals surface area (Å²) in [5, 5.41) is 22.1. The lowest BCUT2D eigenvalue weighted by atomic mass is 9.86. The number of phenolic OH excluding ortho intramolecular Hbond substituents is 2. The molecule has 1 aromatic carbocycles. The van der Waals surface area contributed by atoms with E-state index < -0.39 is 0 Å². The summed E-state index contributed by atoms with van der Waals surface area (Å²) in [6.07, 6.45) is 1.27. The Labute approximate surface area is 93.9 Å². The molecule has 16 heavy (non-hydrogen) atoms. The Hall–Kier alpha value is -1.55. The van der Waals surface area contributed by atoms with E-state index in [2.05, 4.69) is 5.32 Å². The normalized spacial score (nSPS) is 19.6. The molecule has 86 valence electrons. The van der Waals surface area contributed by atoms with Gasteiger partial charge in [-0.3, -0.25) is 4.79 Å². The monoisotopic (exact) mass is 221 g/mol. The van der Waals surface area contributed by atoms with Crippen molar-refractivity contribution < 1.29 is 15.0 Å². The Morgan fingerprint density at radius 3 is 2.88 bits per heavy atom. The minimum absolute atomic E-state index is 0.00148. The summed E-state index contributed by atoms with van der Waals surface area (Å²) < 4.78 is 0. The van der Waals surface area contributed by atoms with Crippen molar-refractivity contribution in [2.45, 2.75) is 25.8 Å². The third kappa shape index (κ3) is 1.65. The van der Waals surface area contributed by atoms with E-state index in [1.165, 1.54) is 6.07 Å². The number of Topliss-reactive ketones (excluding diaryl/α,β-unsaturated/α-hetero) is 1. The van der Waals surface area contributed by atoms with Crippen LogP contribution in [-0.2, 0) is 6.42 Å². The molecule has 0 saturated carbocycles. The SMILES string of the molecule is CCNC1CCc2c(ccc(O)c2O)C1=O. The van der Waals surface area contributed by atoms with Crippen LogP contribution >= 0.6 is 0 Å². The van der Waals surface area contributed by atoms with E-state index in [1.807, 2.05) is 6.92 Å². The molecule has 0 fully saturated rings. The zero-order valence-electron chi connectivity index (χ0n) is 9.16. The molecular weight excluding hydrogens is 206 g/mol. The Morgan fingerprint density at radius 1 is 1.44 bits per heavy atom. The summed E-state index contributed by atoms with van der Waals surface area (Å²) in [6.45, 7) is 2.70. The van der Waals surface area contributed by atoms with Gasteiger partial charge in [-0.25, -0.2) is 0 Å². The Balaban J connectivity index is 2.39. The smallest absolute Gasteiger partial charge is 0.180 e. The van der Waals surface area contributed by atoms with Crippen molar-refractivity contribution in [3.63, 3.8) is 0 Å². The zero-order valence-corrected chi connectivity index (χ0v) is 9.16. The molecule has 1 unspecified atom stereocenters. The van der Waals surface area contributed by atoms with E-state index in [-0.39, 0.29) is 23.3 Å². The lowest BCUT2D eigenvalue weighted by Gasteiger charge is -2.24. The molecule has 1 aliphatic carbocycles. The summed E-state index contributed by atoms with van der Waals surface area (Å²) in [7, 11) is 0. The molecule has 0 heterocycles. The highest BCUT2D eigenvalue weighted by atomic mass is 16.3. The number of ketones is 1. The highest BCUT2D eigenvalue weighted by molar-refractivity contribution is 6.03. The topological polar surface area (TPSA) is 69.6 Å². The average molecular weight is 221 g/mol. The quantitative estimate of drug-likeness (QED) is 0.656. The van der Waals surface area contributed by atoms with E-state index in [1.54, 1.807) is 6.07 Å². The molecular formula is C12H15NO3. The second-order valence-electron chi connectivity index (χ2n) is 3.97. The van der Waals surface area contributed by atoms with Crippen LogP contribution in [0, 0.1) is 0 Å². The molecule has 0 radical (unpaired) electrons. The number of benzene rings is 1. The number of likely N-dealkylation sites (N-methyl/N-ethyl adjacent to an activating group) is 1. The highest BCUT2D eigenvalue weighted by Gasteiger charge is 2.29. The average Bonchev–Trinajstić information content (AvgIpc) is 2.28. The number of nitrogens with one attached hydrogen (secondary N) is 1. The van der Waals surface area contributed by atoms with Crippen molar-refractivity contribution in [1.82, 2.24) is 5.32 Å². The third-order valence-electron chi connectivity index (χ3n) is 2.98. The first-order chi connectivity index (χ1) is 7.65. The van der Waals surface area contributed by atoms with Crippen molar-refractivity contribution in [3.05, 3.63) is 23.3 Å². The first kappa shape index (κ1) is 11.0. The Kier molecular flexibility index (Phi) is 2.83. The lowest BCUT2D eigenvalue weighted by Crippen LogP contribution is -2.40. The van der Waals surface area contributed by atoms with Crippen LogP contribution in [0.1, 0.15) is 29.3 Å². The minimum atomic E-state index is -0.165. The summed E-state index contributed by atoms with van der Waals surface area (Å²) >= 11 is 0. The molecule has 1 aliphatic rings. The van der Waals surface area contributed by atoms with Crippen LogP contribution in [0.4, 0.5) is 0 Å². The third-order valence-corrected chi connectivity index (χ3v) is 2.98. The van der Waals surface area contributed by atoms with Gasteiger partial charge in [0.25, 0.3) is 0 Å². The van der Waals surface area contributed by atoms with Crippen LogP contribution in [0.25, 0.3) is 0 Å². The predicted molar refractivity (Wildman–Crippen MR) is 59.9 cm³/mol. The van der Waals surface area contributed by atoms with Gasteiger partial charge in [0.15, 0.2) is 17.3 Å². The van der Waals surface area contributed by atoms with Crippen molar-refractivity contribution >= 4 is 5.78 Å². The molecule has 1 aromatic rings. The highest BCUT2D eigenvalue weighted by Crippen LogP contribution is 2.35. The van der Waals surface area contributed by atoms with Crippen molar-refractivity contribution in [1.29, 1.82) is 0 Å². The van der Waals surface area contributed by atoms with E-state index >= 15 is 0 Å². The number of phenols is 2. The Bertz CT molecular complexity index is 429. The van der Waals surface area contributed by atoms with E-state index in [0.29, 0.717) is 24.0 Å². The maximum atomic E-state index is 12.0. The van der Waals surface area contributed by atoms with E-state index in [9.17, 15) is 15.0 Å². The minimum Gasteiger partial charge on any atom is -0.504 e. The van der Waals surface area contributed by atoms with Gasteiger partial charge in [-0.05, 0) is 31.5 Å². The van der Waals surface area contributed by atoms with Gasteiger partial charge in [0.2, 0.25) is 0 Å². The predicted octanol–water partition coefficient (Wildman–Crippen LogP) is 1.20. The lowest BCUT2D eigenvalue weighted by molar-refractivity contribution is 0.0928. The maximum absolute atomic E-state index is 12.0. The van der Waals surface area contributed by atoms with Gasteiger partial charge in [0.05, 0.1) is 6.04 Å². The first-order valence-electron chi connectivity index (χ1n) is 5.46. The molecule has 3 N–H and O–H groups in total. The first-order valence-corrected chi connectivity index (χ1v) is 5.46. The van der Waals surface area contributed by atoms with Crippen molar-refractivity contribution in [2.24, 2.45) is 0 Å². The number of rotatable bonds is 2. The van der Waals surface area contributed by atoms with Gasteiger partial charge in [0, 0.05) is 11.1 Å². The maximum Gasteiger partial charge on any atom is 0.180 e. The number of aromatic hydroxyl groups is 2. The second kappa shape index (κ2) is 4.14. The van der Waals surface area contributed by atoms with Crippen LogP contribution in [0.3, 0.4) is 0 Å². The summed E-state index contributed by atoms with van der Waals surface area (Å²) in [5.74, 6) is -0.312. The number of carbonyl (C=O) groups excluding carboxylic acids is 1. The molecule has 0 amide bonds. The number of hydrogen-bond donors (Lipinski definition) is 3. The van der Waals surface area contributed by atoms with E-state index in [0.717, 1.165) is 6.54 Å². The summed E-state index contributed by atoms with van der Waals surface area (Å²) in [6, 6.07) is 2.78. The zero-order chi connectivity index (χ0) is 11.7. The van der Waals surface area contributed by atoms with E-state index in [4.69, 9.17) is 0 Å². The molecule has 0 saturated heterocycles. The molecule has 1 atom stereocenters. The molecule has 0 aromatic heterocycles. The van der Waals surface area contributed by atoms with Gasteiger partial charge < -0.3 is 15.5 Å². The molecule has 0 spiro atoms. The van der Waals surface area contributed by atoms with Gasteiger partial charge in [-0.2, -0.15) is 0 Å². The largest absolute Gasteiger partial charge is 0.504 e. The molecule has 2 rings (SSSR count). The van der Waals surface area contributed by atoms with Crippen molar-refractivity contribution in [3.8, 4) is 11.5 Å². The second-order valence-corrected chi connectivity index (χ2v) is 3.97. The van der Waals surface area contributed by atoms with Crippen LogP contribution in [0.5, 0.6) is 11.5 Å². The van der Waals surface area contributed by atoms with Crippen LogP contribution in [-0.4, -0.2) is 28.6 Å². The fraction of sp³-hybridized carbons (Fsp3) is 0.417. The van der Waals surface area contributed by atoms with Crippen LogP contribution < -0.4 is 5.32 Å². The van der Waals surface area contributed by atoms with Gasteiger partial charge >= 0.3 is 0 Å². The Morgan fingerprint density at radius 2 is 2.19 bits per heavy atom. The molecule has 0 bridgehead atoms. The molecule has 4 nitrogen and oxygen atoms in total. The number of carbonyl (C=O) groups is 1. The fourth-order valence-electron chi connectivity index (χ4n) is 2.16.